The van der Waals surface area contributed by atoms with Gasteiger partial charge in [-0.3, -0.25) is 0 Å². The van der Waals surface area contributed by atoms with Gasteiger partial charge < -0.3 is 15.0 Å². The minimum absolute atomic E-state index is 0.346. The quantitative estimate of drug-likeness (QED) is 0.736. The highest BCUT2D eigenvalue weighted by Gasteiger charge is 2.06. The summed E-state index contributed by atoms with van der Waals surface area (Å²) >= 11 is 5.03. The van der Waals surface area contributed by atoms with Crippen LogP contribution in [0.1, 0.15) is 5.56 Å². The van der Waals surface area contributed by atoms with Crippen LogP contribution in [-0.2, 0) is 6.54 Å². The van der Waals surface area contributed by atoms with Gasteiger partial charge in [0.1, 0.15) is 17.3 Å². The van der Waals surface area contributed by atoms with E-state index in [1.165, 1.54) is 0 Å². The van der Waals surface area contributed by atoms with Gasteiger partial charge >= 0.3 is 0 Å². The molecule has 0 saturated heterocycles. The van der Waals surface area contributed by atoms with Crippen LogP contribution in [0.5, 0.6) is 5.75 Å². The van der Waals surface area contributed by atoms with Crippen LogP contribution in [0.25, 0.3) is 11.0 Å². The maximum Gasteiger partial charge on any atom is 0.129 e. The lowest BCUT2D eigenvalue weighted by Gasteiger charge is -2.11. The molecule has 5 heteroatoms. The van der Waals surface area contributed by atoms with Crippen LogP contribution in [-0.4, -0.2) is 21.1 Å². The standard InChI is InChI=1S/C16H15N3OS/c17-16(21)12-5-1-4-8-15(12)20-10-9-19-11-18-13-6-2-3-7-14(13)19/h1-8,11H,9-10H2,(H2,17,21). The molecular formula is C16H15N3OS. The summed E-state index contributed by atoms with van der Waals surface area (Å²) in [6, 6.07) is 15.6. The van der Waals surface area contributed by atoms with Crippen LogP contribution in [0.3, 0.4) is 0 Å². The Balaban J connectivity index is 1.71. The van der Waals surface area contributed by atoms with Gasteiger partial charge in [-0.25, -0.2) is 4.98 Å². The van der Waals surface area contributed by atoms with Gasteiger partial charge in [0, 0.05) is 0 Å². The molecule has 0 spiro atoms. The van der Waals surface area contributed by atoms with Crippen molar-refractivity contribution in [3.63, 3.8) is 0 Å². The molecule has 0 unspecified atom stereocenters. The zero-order valence-electron chi connectivity index (χ0n) is 11.4. The number of benzene rings is 2. The van der Waals surface area contributed by atoms with E-state index in [0.717, 1.165) is 22.3 Å². The Bertz CT molecular complexity index is 782. The second kappa shape index (κ2) is 5.93. The van der Waals surface area contributed by atoms with Gasteiger partial charge in [0.25, 0.3) is 0 Å². The number of para-hydroxylation sites is 3. The van der Waals surface area contributed by atoms with Gasteiger partial charge in [0.2, 0.25) is 0 Å². The minimum Gasteiger partial charge on any atom is -0.491 e. The molecule has 0 radical (unpaired) electrons. The van der Waals surface area contributed by atoms with E-state index >= 15 is 0 Å². The Morgan fingerprint density at radius 2 is 1.90 bits per heavy atom. The summed E-state index contributed by atoms with van der Waals surface area (Å²) in [4.78, 5) is 4.70. The van der Waals surface area contributed by atoms with Crippen LogP contribution < -0.4 is 10.5 Å². The van der Waals surface area contributed by atoms with Gasteiger partial charge in [-0.15, -0.1) is 0 Å². The molecule has 3 aromatic rings. The zero-order chi connectivity index (χ0) is 14.7. The Kier molecular flexibility index (Phi) is 3.83. The monoisotopic (exact) mass is 297 g/mol. The van der Waals surface area contributed by atoms with Gasteiger partial charge in [0.15, 0.2) is 0 Å². The Morgan fingerprint density at radius 1 is 1.14 bits per heavy atom. The number of imidazole rings is 1. The van der Waals surface area contributed by atoms with E-state index in [9.17, 15) is 0 Å². The normalized spacial score (nSPS) is 10.7. The first-order valence-corrected chi connectivity index (χ1v) is 7.08. The van der Waals surface area contributed by atoms with Crippen LogP contribution in [0.4, 0.5) is 0 Å². The van der Waals surface area contributed by atoms with E-state index in [1.807, 2.05) is 54.9 Å². The lowest BCUT2D eigenvalue weighted by molar-refractivity contribution is 0.299. The summed E-state index contributed by atoms with van der Waals surface area (Å²) in [7, 11) is 0. The van der Waals surface area contributed by atoms with E-state index < -0.39 is 0 Å². The van der Waals surface area contributed by atoms with Crippen molar-refractivity contribution in [1.29, 1.82) is 0 Å². The predicted octanol–water partition coefficient (Wildman–Crippen LogP) is 2.75. The Hall–Kier alpha value is -2.40. The fraction of sp³-hybridized carbons (Fsp3) is 0.125. The molecule has 106 valence electrons. The van der Waals surface area contributed by atoms with Crippen molar-refractivity contribution in [3.8, 4) is 5.75 Å². The molecule has 0 fully saturated rings. The maximum absolute atomic E-state index is 5.80. The molecule has 0 amide bonds. The number of aromatic nitrogens is 2. The SMILES string of the molecule is NC(=S)c1ccccc1OCCn1cnc2ccccc21. The fourth-order valence-electron chi connectivity index (χ4n) is 2.24. The van der Waals surface area contributed by atoms with Crippen LogP contribution in [0.2, 0.25) is 0 Å². The van der Waals surface area contributed by atoms with E-state index in [2.05, 4.69) is 9.55 Å². The first kappa shape index (κ1) is 13.6. The molecule has 0 aliphatic carbocycles. The van der Waals surface area contributed by atoms with Crippen molar-refractivity contribution in [2.24, 2.45) is 5.73 Å². The van der Waals surface area contributed by atoms with E-state index in [0.29, 0.717) is 18.1 Å². The second-order valence-electron chi connectivity index (χ2n) is 4.64. The van der Waals surface area contributed by atoms with Gasteiger partial charge in [0.05, 0.1) is 29.5 Å². The second-order valence-corrected chi connectivity index (χ2v) is 5.08. The third-order valence-corrected chi connectivity index (χ3v) is 3.49. The molecule has 0 bridgehead atoms. The lowest BCUT2D eigenvalue weighted by atomic mass is 10.2. The summed E-state index contributed by atoms with van der Waals surface area (Å²) in [5.74, 6) is 0.717. The smallest absolute Gasteiger partial charge is 0.129 e. The highest BCUT2D eigenvalue weighted by molar-refractivity contribution is 7.80. The maximum atomic E-state index is 5.80. The molecule has 0 saturated carbocycles. The first-order chi connectivity index (χ1) is 10.3. The number of rotatable bonds is 5. The third kappa shape index (κ3) is 2.87. The van der Waals surface area contributed by atoms with Crippen molar-refractivity contribution in [2.45, 2.75) is 6.54 Å². The molecule has 2 N–H and O–H groups in total. The topological polar surface area (TPSA) is 53.1 Å². The van der Waals surface area contributed by atoms with Crippen molar-refractivity contribution < 1.29 is 4.74 Å². The summed E-state index contributed by atoms with van der Waals surface area (Å²) in [6.07, 6.45) is 1.83. The number of fused-ring (bicyclic) bond motifs is 1. The number of nitrogens with zero attached hydrogens (tertiary/aromatic N) is 2. The molecule has 0 aliphatic heterocycles. The predicted molar refractivity (Wildman–Crippen MR) is 87.6 cm³/mol. The summed E-state index contributed by atoms with van der Waals surface area (Å²) in [5.41, 5.74) is 8.55. The number of thiocarbonyl (C=S) groups is 1. The van der Waals surface area contributed by atoms with Gasteiger partial charge in [-0.2, -0.15) is 0 Å². The first-order valence-electron chi connectivity index (χ1n) is 6.67. The number of hydrogen-bond donors (Lipinski definition) is 1. The summed E-state index contributed by atoms with van der Waals surface area (Å²) < 4.78 is 7.87. The minimum atomic E-state index is 0.346. The third-order valence-electron chi connectivity index (χ3n) is 3.27. The molecule has 0 atom stereocenters. The van der Waals surface area contributed by atoms with Crippen molar-refractivity contribution in [3.05, 3.63) is 60.4 Å². The number of ether oxygens (including phenoxy) is 1. The molecular weight excluding hydrogens is 282 g/mol. The molecule has 21 heavy (non-hydrogen) atoms. The molecule has 3 rings (SSSR count). The van der Waals surface area contributed by atoms with E-state index in [1.54, 1.807) is 0 Å². The Morgan fingerprint density at radius 3 is 2.76 bits per heavy atom. The van der Waals surface area contributed by atoms with Gasteiger partial charge in [-0.1, -0.05) is 36.5 Å². The van der Waals surface area contributed by atoms with Crippen LogP contribution >= 0.6 is 12.2 Å². The van der Waals surface area contributed by atoms with Crippen molar-refractivity contribution >= 4 is 28.2 Å². The molecule has 1 aromatic heterocycles. The highest BCUT2D eigenvalue weighted by Crippen LogP contribution is 2.18. The number of hydrogen-bond acceptors (Lipinski definition) is 3. The molecule has 2 aromatic carbocycles. The zero-order valence-corrected chi connectivity index (χ0v) is 12.2. The van der Waals surface area contributed by atoms with Crippen LogP contribution in [0.15, 0.2) is 54.9 Å². The average Bonchev–Trinajstić information content (AvgIpc) is 2.91. The van der Waals surface area contributed by atoms with Crippen LogP contribution in [0, 0.1) is 0 Å². The Labute approximate surface area is 128 Å². The summed E-state index contributed by atoms with van der Waals surface area (Å²) in [6.45, 7) is 1.24. The summed E-state index contributed by atoms with van der Waals surface area (Å²) in [5, 5.41) is 0. The molecule has 1 heterocycles. The fourth-order valence-corrected chi connectivity index (χ4v) is 2.41. The van der Waals surface area contributed by atoms with Crippen molar-refractivity contribution in [1.82, 2.24) is 9.55 Å². The highest BCUT2D eigenvalue weighted by atomic mass is 32.1. The average molecular weight is 297 g/mol. The van der Waals surface area contributed by atoms with Gasteiger partial charge in [-0.05, 0) is 24.3 Å². The number of nitrogens with two attached hydrogens (primary N) is 1. The lowest BCUT2D eigenvalue weighted by Crippen LogP contribution is -2.13. The van der Waals surface area contributed by atoms with E-state index in [-0.39, 0.29) is 0 Å². The molecule has 0 aliphatic rings. The molecule has 4 nitrogen and oxygen atoms in total. The largest absolute Gasteiger partial charge is 0.491 e. The van der Waals surface area contributed by atoms with Crippen molar-refractivity contribution in [2.75, 3.05) is 6.61 Å². The van der Waals surface area contributed by atoms with E-state index in [4.69, 9.17) is 22.7 Å².